The van der Waals surface area contributed by atoms with Gasteiger partial charge in [0.15, 0.2) is 12.2 Å². The van der Waals surface area contributed by atoms with Crippen molar-refractivity contribution in [3.63, 3.8) is 0 Å². The molecule has 3 N–H and O–H groups in total. The van der Waals surface area contributed by atoms with Crippen LogP contribution >= 0.6 is 0 Å². The van der Waals surface area contributed by atoms with Crippen molar-refractivity contribution in [2.75, 3.05) is 20.2 Å². The maximum absolute atomic E-state index is 13.0. The zero-order valence-corrected chi connectivity index (χ0v) is 47.8. The average Bonchev–Trinajstić information content (AvgIpc) is 3.11. The van der Waals surface area contributed by atoms with Crippen molar-refractivity contribution in [2.45, 2.75) is 89.8 Å². The lowest BCUT2D eigenvalue weighted by molar-refractivity contribution is -0.140. The molecule has 0 bridgehead atoms. The molecule has 0 aliphatic carbocycles. The summed E-state index contributed by atoms with van der Waals surface area (Å²) in [4.78, 5) is 55.8. The topological polar surface area (TPSA) is 166 Å². The van der Waals surface area contributed by atoms with E-state index in [0.29, 0.717) is 45.1 Å². The predicted octanol–water partition coefficient (Wildman–Crippen LogP) is 15.0. The summed E-state index contributed by atoms with van der Waals surface area (Å²) in [6, 6.07) is 46.2. The molecular weight excluding hydrogens is 1100 g/mol. The molecule has 442 valence electrons. The molecule has 0 saturated carbocycles. The van der Waals surface area contributed by atoms with Gasteiger partial charge in [-0.15, -0.1) is 0 Å². The SMILES string of the molecule is CC(C)(C)c1ccc(C(Oc2ccc(C(=O)NCCC(=O)O)cc2)c2ccc(-c3ccc(C(F)(F)F)cc3)nc2)cc1.COC(=O)CCNC(=O)c1ccc(OC(c2ccc(C(C)(C)C)cc2)c2ccc(-c3ccc(C(F)(F)F)cc3)nc2)cc1. The van der Waals surface area contributed by atoms with Crippen LogP contribution in [0, 0.1) is 0 Å². The van der Waals surface area contributed by atoms with Gasteiger partial charge >= 0.3 is 24.3 Å². The predicted molar refractivity (Wildman–Crippen MR) is 311 cm³/mol. The first-order chi connectivity index (χ1) is 40.2. The Balaban J connectivity index is 0.000000244. The Morgan fingerprint density at radius 1 is 0.447 bits per heavy atom. The fourth-order valence-electron chi connectivity index (χ4n) is 8.60. The summed E-state index contributed by atoms with van der Waals surface area (Å²) in [7, 11) is 1.29. The van der Waals surface area contributed by atoms with E-state index in [0.717, 1.165) is 57.6 Å². The lowest BCUT2D eigenvalue weighted by atomic mass is 9.86. The van der Waals surface area contributed by atoms with E-state index in [-0.39, 0.29) is 48.6 Å². The normalized spacial score (nSPS) is 12.4. The van der Waals surface area contributed by atoms with Crippen LogP contribution in [0.2, 0.25) is 0 Å². The Morgan fingerprint density at radius 3 is 1.07 bits per heavy atom. The molecule has 0 saturated heterocycles. The van der Waals surface area contributed by atoms with Crippen LogP contribution in [0.4, 0.5) is 26.3 Å². The molecule has 85 heavy (non-hydrogen) atoms. The van der Waals surface area contributed by atoms with Crippen LogP contribution in [0.15, 0.2) is 182 Å². The number of hydrogen-bond acceptors (Lipinski definition) is 9. The molecule has 0 fully saturated rings. The van der Waals surface area contributed by atoms with Crippen LogP contribution in [0.1, 0.15) is 132 Å². The number of nitrogens with zero attached hydrogens (tertiary/aromatic N) is 2. The molecule has 2 amide bonds. The van der Waals surface area contributed by atoms with Gasteiger partial charge < -0.3 is 30.0 Å². The van der Waals surface area contributed by atoms with Crippen LogP contribution in [-0.2, 0) is 37.5 Å². The van der Waals surface area contributed by atoms with Gasteiger partial charge in [0.05, 0.1) is 42.5 Å². The highest BCUT2D eigenvalue weighted by atomic mass is 19.4. The number of esters is 1. The maximum atomic E-state index is 13.0. The molecule has 2 heterocycles. The summed E-state index contributed by atoms with van der Waals surface area (Å²) in [5, 5.41) is 14.0. The van der Waals surface area contributed by atoms with Crippen molar-refractivity contribution in [1.82, 2.24) is 20.6 Å². The van der Waals surface area contributed by atoms with E-state index >= 15 is 0 Å². The van der Waals surface area contributed by atoms with Crippen molar-refractivity contribution < 1.29 is 64.8 Å². The number of pyridine rings is 2. The lowest BCUT2D eigenvalue weighted by Gasteiger charge is -2.23. The van der Waals surface area contributed by atoms with Crippen LogP contribution in [-0.4, -0.2) is 59.0 Å². The molecule has 0 spiro atoms. The summed E-state index contributed by atoms with van der Waals surface area (Å²) >= 11 is 0. The van der Waals surface area contributed by atoms with Crippen LogP contribution in [0.5, 0.6) is 11.5 Å². The fourth-order valence-corrected chi connectivity index (χ4v) is 8.60. The van der Waals surface area contributed by atoms with Crippen LogP contribution in [0.25, 0.3) is 22.5 Å². The molecule has 12 nitrogen and oxygen atoms in total. The van der Waals surface area contributed by atoms with E-state index in [9.17, 15) is 45.5 Å². The third-order valence-electron chi connectivity index (χ3n) is 13.6. The summed E-state index contributed by atoms with van der Waals surface area (Å²) < 4.78 is 95.2. The zero-order chi connectivity index (χ0) is 61.7. The molecule has 2 atom stereocenters. The van der Waals surface area contributed by atoms with Crippen molar-refractivity contribution in [3.8, 4) is 34.0 Å². The first-order valence-electron chi connectivity index (χ1n) is 27.0. The molecule has 6 aromatic carbocycles. The number of alkyl halides is 6. The quantitative estimate of drug-likeness (QED) is 0.0556. The second kappa shape index (κ2) is 27.4. The maximum Gasteiger partial charge on any atom is 0.416 e. The molecule has 0 aliphatic rings. The van der Waals surface area contributed by atoms with E-state index in [1.54, 1.807) is 73.1 Å². The number of halogens is 6. The molecule has 8 rings (SSSR count). The highest BCUT2D eigenvalue weighted by Gasteiger charge is 2.31. The number of carbonyl (C=O) groups excluding carboxylic acids is 3. The fraction of sp³-hybridized carbons (Fsp3) is 0.254. The van der Waals surface area contributed by atoms with Crippen molar-refractivity contribution >= 4 is 23.8 Å². The molecule has 0 radical (unpaired) electrons. The van der Waals surface area contributed by atoms with Crippen molar-refractivity contribution in [3.05, 3.63) is 238 Å². The number of benzene rings is 6. The van der Waals surface area contributed by atoms with E-state index in [4.69, 9.17) is 14.6 Å². The first-order valence-corrected chi connectivity index (χ1v) is 27.0. The van der Waals surface area contributed by atoms with Gasteiger partial charge in [0.1, 0.15) is 11.5 Å². The molecule has 2 aromatic heterocycles. The number of nitrogens with one attached hydrogen (secondary N) is 2. The van der Waals surface area contributed by atoms with E-state index in [1.165, 1.54) is 31.4 Å². The number of carboxylic acid groups (broad SMARTS) is 1. The van der Waals surface area contributed by atoms with Gasteiger partial charge in [-0.05, 0) is 118 Å². The monoisotopic (exact) mass is 1170 g/mol. The Hall–Kier alpha value is -9.32. The van der Waals surface area contributed by atoms with Gasteiger partial charge in [0, 0.05) is 58.9 Å². The second-order valence-electron chi connectivity index (χ2n) is 21.9. The third kappa shape index (κ3) is 17.8. The smallest absolute Gasteiger partial charge is 0.416 e. The number of aromatic nitrogens is 2. The highest BCUT2D eigenvalue weighted by Crippen LogP contribution is 2.36. The van der Waals surface area contributed by atoms with Crippen molar-refractivity contribution in [1.29, 1.82) is 0 Å². The minimum absolute atomic E-state index is 0.0223. The van der Waals surface area contributed by atoms with E-state index in [2.05, 4.69) is 79.0 Å². The Labute approximate surface area is 489 Å². The van der Waals surface area contributed by atoms with Crippen LogP contribution < -0.4 is 20.1 Å². The van der Waals surface area contributed by atoms with Gasteiger partial charge in [-0.3, -0.25) is 29.1 Å². The highest BCUT2D eigenvalue weighted by molar-refractivity contribution is 5.95. The average molecular weight is 1170 g/mol. The first kappa shape index (κ1) is 63.3. The van der Waals surface area contributed by atoms with Crippen LogP contribution in [0.3, 0.4) is 0 Å². The number of rotatable bonds is 18. The van der Waals surface area contributed by atoms with Gasteiger partial charge in [-0.25, -0.2) is 0 Å². The largest absolute Gasteiger partial charge is 0.481 e. The van der Waals surface area contributed by atoms with Gasteiger partial charge in [0.25, 0.3) is 11.8 Å². The third-order valence-corrected chi connectivity index (χ3v) is 13.6. The number of methoxy groups -OCH3 is 1. The molecule has 0 aliphatic heterocycles. The summed E-state index contributed by atoms with van der Waals surface area (Å²) in [6.07, 6.45) is -6.75. The molecule has 2 unspecified atom stereocenters. The number of hydrogen-bond donors (Lipinski definition) is 3. The zero-order valence-electron chi connectivity index (χ0n) is 47.8. The number of amides is 2. The summed E-state index contributed by atoms with van der Waals surface area (Å²) in [6.45, 7) is 12.9. The second-order valence-corrected chi connectivity index (χ2v) is 21.9. The van der Waals surface area contributed by atoms with Gasteiger partial charge in [0.2, 0.25) is 0 Å². The summed E-state index contributed by atoms with van der Waals surface area (Å²) in [5.74, 6) is -1.11. The minimum Gasteiger partial charge on any atom is -0.481 e. The van der Waals surface area contributed by atoms with Gasteiger partial charge in [-0.2, -0.15) is 26.3 Å². The Kier molecular flexibility index (Phi) is 20.4. The minimum atomic E-state index is -4.41. The number of carboxylic acids is 1. The molecule has 18 heteroatoms. The number of carbonyl (C=O) groups is 4. The standard InChI is InChI=1S/C34H33F3N2O4.C33H31F3N2O4/c1-33(2,3)26-12-7-23(8-13-26)31(43-28-16-9-24(10-17-28)32(41)38-20-19-30(40)42-4)25-11-18-29(39-21-25)22-5-14-27(15-6-22)34(35,36)37;1-32(2,3)25-11-6-22(7-12-25)30(42-27-15-8-23(9-16-27)31(41)37-19-18-29(39)40)24-10-17-28(38-20-24)21-4-13-26(14-5-21)33(34,35)36/h5-18,21,31H,19-20H2,1-4H3,(H,38,41);4-17,20,30H,18-19H2,1-3H3,(H,37,41)(H,39,40). The summed E-state index contributed by atoms with van der Waals surface area (Å²) in [5.41, 5.74) is 6.94. The number of aliphatic carboxylic acids is 1. The Morgan fingerprint density at radius 2 is 0.776 bits per heavy atom. The van der Waals surface area contributed by atoms with E-state index < -0.39 is 47.6 Å². The number of ether oxygens (including phenoxy) is 3. The Bertz CT molecular complexity index is 3510. The lowest BCUT2D eigenvalue weighted by Crippen LogP contribution is -2.26. The molecule has 8 aromatic rings. The van der Waals surface area contributed by atoms with Crippen molar-refractivity contribution in [2.24, 2.45) is 0 Å². The molecular formula is C67H64F6N4O8. The van der Waals surface area contributed by atoms with E-state index in [1.807, 2.05) is 48.5 Å². The van der Waals surface area contributed by atoms with Gasteiger partial charge in [-0.1, -0.05) is 126 Å².